The van der Waals surface area contributed by atoms with Gasteiger partial charge in [0.05, 0.1) is 0 Å². The average molecular weight is 290 g/mol. The van der Waals surface area contributed by atoms with Crippen LogP contribution in [0.2, 0.25) is 0 Å². The summed E-state index contributed by atoms with van der Waals surface area (Å²) in [6.45, 7) is 0.870. The lowest BCUT2D eigenvalue weighted by Crippen LogP contribution is -2.25. The van der Waals surface area contributed by atoms with E-state index >= 15 is 0 Å². The first-order chi connectivity index (χ1) is 8.89. The maximum absolute atomic E-state index is 12.3. The third kappa shape index (κ3) is 3.63. The van der Waals surface area contributed by atoms with E-state index in [-0.39, 0.29) is 28.5 Å². The Labute approximate surface area is 112 Å². The molecule has 0 aliphatic carbocycles. The summed E-state index contributed by atoms with van der Waals surface area (Å²) in [5, 5.41) is 0. The fourth-order valence-electron chi connectivity index (χ4n) is 2.04. The molecule has 1 heterocycles. The average Bonchev–Trinajstić information content (AvgIpc) is 2.69. The maximum atomic E-state index is 12.3. The third-order valence-electron chi connectivity index (χ3n) is 2.90. The van der Waals surface area contributed by atoms with Gasteiger partial charge in [-0.1, -0.05) is 6.07 Å². The molecule has 0 spiro atoms. The lowest BCUT2D eigenvalue weighted by molar-refractivity contribution is -0.117. The number of hydrogen-bond acceptors (Lipinski definition) is 3. The molecule has 2 rings (SSSR count). The molecular formula is C12H13F3N2OS. The molecule has 1 aliphatic heterocycles. The molecule has 0 saturated carbocycles. The molecule has 1 aliphatic rings. The second-order valence-electron chi connectivity index (χ2n) is 4.36. The number of alkyl halides is 3. The highest BCUT2D eigenvalue weighted by molar-refractivity contribution is 8.00. The molecule has 1 fully saturated rings. The molecule has 104 valence electrons. The summed E-state index contributed by atoms with van der Waals surface area (Å²) in [5.74, 6) is -0.0176. The van der Waals surface area contributed by atoms with E-state index in [0.29, 0.717) is 25.2 Å². The van der Waals surface area contributed by atoms with E-state index in [1.165, 1.54) is 23.1 Å². The molecule has 3 nitrogen and oxygen atoms in total. The Kier molecular flexibility index (Phi) is 4.05. The van der Waals surface area contributed by atoms with Crippen molar-refractivity contribution in [2.45, 2.75) is 16.8 Å². The van der Waals surface area contributed by atoms with Crippen molar-refractivity contribution in [3.05, 3.63) is 24.3 Å². The number of hydrogen-bond donors (Lipinski definition) is 1. The van der Waals surface area contributed by atoms with Crippen molar-refractivity contribution in [3.63, 3.8) is 0 Å². The van der Waals surface area contributed by atoms with Crippen molar-refractivity contribution in [2.24, 2.45) is 11.7 Å². The summed E-state index contributed by atoms with van der Waals surface area (Å²) in [7, 11) is 0. The van der Waals surface area contributed by atoms with Gasteiger partial charge in [0.25, 0.3) is 0 Å². The Bertz CT molecular complexity index is 478. The minimum absolute atomic E-state index is 0.0754. The third-order valence-corrected chi connectivity index (χ3v) is 3.62. The van der Waals surface area contributed by atoms with Crippen LogP contribution in [0.15, 0.2) is 29.2 Å². The molecule has 1 aromatic rings. The highest BCUT2D eigenvalue weighted by Gasteiger charge is 2.31. The van der Waals surface area contributed by atoms with E-state index in [1.54, 1.807) is 6.07 Å². The summed E-state index contributed by atoms with van der Waals surface area (Å²) in [5.41, 5.74) is 1.69. The number of nitrogens with two attached hydrogens (primary N) is 1. The largest absolute Gasteiger partial charge is 0.446 e. The fraction of sp³-hybridized carbons (Fsp3) is 0.417. The molecule has 7 heteroatoms. The van der Waals surface area contributed by atoms with Crippen LogP contribution in [0.3, 0.4) is 0 Å². The SMILES string of the molecule is NCC1CC(=O)N(c2cccc(SC(F)(F)F)c2)C1. The van der Waals surface area contributed by atoms with E-state index in [4.69, 9.17) is 5.73 Å². The van der Waals surface area contributed by atoms with Crippen molar-refractivity contribution in [2.75, 3.05) is 18.0 Å². The molecule has 0 aromatic heterocycles. The number of amides is 1. The number of anilines is 1. The predicted octanol–water partition coefficient (Wildman–Crippen LogP) is 2.61. The van der Waals surface area contributed by atoms with Crippen LogP contribution in [0, 0.1) is 5.92 Å². The van der Waals surface area contributed by atoms with Crippen molar-refractivity contribution in [3.8, 4) is 0 Å². The zero-order valence-electron chi connectivity index (χ0n) is 9.98. The highest BCUT2D eigenvalue weighted by atomic mass is 32.2. The Morgan fingerprint density at radius 3 is 2.74 bits per heavy atom. The van der Waals surface area contributed by atoms with Gasteiger partial charge in [-0.2, -0.15) is 13.2 Å². The molecule has 0 bridgehead atoms. The molecular weight excluding hydrogens is 277 g/mol. The second-order valence-corrected chi connectivity index (χ2v) is 5.49. The van der Waals surface area contributed by atoms with Gasteiger partial charge in [0.15, 0.2) is 0 Å². The van der Waals surface area contributed by atoms with E-state index < -0.39 is 5.51 Å². The monoisotopic (exact) mass is 290 g/mol. The fourth-order valence-corrected chi connectivity index (χ4v) is 2.63. The van der Waals surface area contributed by atoms with Gasteiger partial charge < -0.3 is 10.6 Å². The van der Waals surface area contributed by atoms with Crippen molar-refractivity contribution in [1.29, 1.82) is 0 Å². The minimum atomic E-state index is -4.33. The number of rotatable bonds is 3. The number of carbonyl (C=O) groups excluding carboxylic acids is 1. The number of nitrogens with zero attached hydrogens (tertiary/aromatic N) is 1. The zero-order valence-corrected chi connectivity index (χ0v) is 10.8. The summed E-state index contributed by atoms with van der Waals surface area (Å²) in [6.07, 6.45) is 0.354. The highest BCUT2D eigenvalue weighted by Crippen LogP contribution is 2.38. The number of halogens is 3. The number of benzene rings is 1. The lowest BCUT2D eigenvalue weighted by atomic mass is 10.1. The van der Waals surface area contributed by atoms with Crippen molar-refractivity contribution in [1.82, 2.24) is 0 Å². The van der Waals surface area contributed by atoms with Crippen LogP contribution >= 0.6 is 11.8 Å². The molecule has 0 radical (unpaired) electrons. The first-order valence-electron chi connectivity index (χ1n) is 5.75. The number of thioether (sulfide) groups is 1. The van der Waals surface area contributed by atoms with E-state index in [1.807, 2.05) is 0 Å². The van der Waals surface area contributed by atoms with Gasteiger partial charge in [-0.15, -0.1) is 0 Å². The summed E-state index contributed by atoms with van der Waals surface area (Å²) < 4.78 is 36.9. The zero-order chi connectivity index (χ0) is 14.0. The topological polar surface area (TPSA) is 46.3 Å². The van der Waals surface area contributed by atoms with Gasteiger partial charge in [-0.3, -0.25) is 4.79 Å². The van der Waals surface area contributed by atoms with E-state index in [9.17, 15) is 18.0 Å². The summed E-state index contributed by atoms with van der Waals surface area (Å²) in [4.78, 5) is 13.4. The van der Waals surface area contributed by atoms with Crippen LogP contribution in [-0.2, 0) is 4.79 Å². The Morgan fingerprint density at radius 2 is 2.16 bits per heavy atom. The molecule has 1 unspecified atom stereocenters. The second kappa shape index (κ2) is 5.42. The van der Waals surface area contributed by atoms with Crippen LogP contribution in [0.4, 0.5) is 18.9 Å². The van der Waals surface area contributed by atoms with Gasteiger partial charge in [0.2, 0.25) is 5.91 Å². The Balaban J connectivity index is 2.17. The van der Waals surface area contributed by atoms with Gasteiger partial charge in [0.1, 0.15) is 0 Å². The molecule has 1 atom stereocenters. The van der Waals surface area contributed by atoms with Gasteiger partial charge in [0, 0.05) is 23.5 Å². The predicted molar refractivity (Wildman–Crippen MR) is 67.9 cm³/mol. The van der Waals surface area contributed by atoms with Gasteiger partial charge in [-0.05, 0) is 42.4 Å². The van der Waals surface area contributed by atoms with Gasteiger partial charge in [-0.25, -0.2) is 0 Å². The van der Waals surface area contributed by atoms with Crippen molar-refractivity contribution < 1.29 is 18.0 Å². The smallest absolute Gasteiger partial charge is 0.330 e. The first-order valence-corrected chi connectivity index (χ1v) is 6.57. The molecule has 2 N–H and O–H groups in total. The quantitative estimate of drug-likeness (QED) is 0.870. The van der Waals surface area contributed by atoms with E-state index in [2.05, 4.69) is 0 Å². The lowest BCUT2D eigenvalue weighted by Gasteiger charge is -2.17. The normalized spacial score (nSPS) is 20.1. The molecule has 1 aromatic carbocycles. The van der Waals surface area contributed by atoms with Crippen LogP contribution in [-0.4, -0.2) is 24.5 Å². The minimum Gasteiger partial charge on any atom is -0.330 e. The summed E-state index contributed by atoms with van der Waals surface area (Å²) >= 11 is -0.181. The Morgan fingerprint density at radius 1 is 1.42 bits per heavy atom. The summed E-state index contributed by atoms with van der Waals surface area (Å²) in [6, 6.07) is 5.92. The number of carbonyl (C=O) groups is 1. The van der Waals surface area contributed by atoms with Crippen LogP contribution < -0.4 is 10.6 Å². The first kappa shape index (κ1) is 14.2. The maximum Gasteiger partial charge on any atom is 0.446 e. The molecule has 1 amide bonds. The van der Waals surface area contributed by atoms with Crippen LogP contribution in [0.1, 0.15) is 6.42 Å². The van der Waals surface area contributed by atoms with Crippen LogP contribution in [0.25, 0.3) is 0 Å². The van der Waals surface area contributed by atoms with Crippen molar-refractivity contribution >= 4 is 23.4 Å². The van der Waals surface area contributed by atoms with Gasteiger partial charge >= 0.3 is 5.51 Å². The Hall–Kier alpha value is -1.21. The molecule has 1 saturated heterocycles. The van der Waals surface area contributed by atoms with E-state index in [0.717, 1.165) is 0 Å². The van der Waals surface area contributed by atoms with Crippen LogP contribution in [0.5, 0.6) is 0 Å². The molecule has 19 heavy (non-hydrogen) atoms. The standard InChI is InChI=1S/C12H13F3N2OS/c13-12(14,15)19-10-3-1-2-9(5-10)17-7-8(6-16)4-11(17)18/h1-3,5,8H,4,6-7,16H2.